The monoisotopic (exact) mass is 296 g/mol. The molecule has 1 atom stereocenters. The van der Waals surface area contributed by atoms with Crippen LogP contribution in [0.25, 0.3) is 0 Å². The number of hydrogen-bond donors (Lipinski definition) is 0. The molecule has 0 saturated heterocycles. The van der Waals surface area contributed by atoms with Gasteiger partial charge in [-0.15, -0.1) is 0 Å². The summed E-state index contributed by atoms with van der Waals surface area (Å²) < 4.78 is 37.4. The molecule has 0 radical (unpaired) electrons. The van der Waals surface area contributed by atoms with E-state index in [1.54, 1.807) is 18.5 Å². The molecule has 2 rings (SSSR count). The summed E-state index contributed by atoms with van der Waals surface area (Å²) in [6.07, 6.45) is -0.193. The minimum absolute atomic E-state index is 0.0599. The molecule has 0 spiro atoms. The first-order valence-electron chi connectivity index (χ1n) is 6.37. The van der Waals surface area contributed by atoms with E-state index in [-0.39, 0.29) is 6.04 Å². The SMILES string of the molecule is CC(c1ncccn1)N(C)Cc1ccc(C(F)(F)F)cn1. The summed E-state index contributed by atoms with van der Waals surface area (Å²) in [4.78, 5) is 14.1. The third-order valence-electron chi connectivity index (χ3n) is 3.18. The van der Waals surface area contributed by atoms with Gasteiger partial charge in [0.05, 0.1) is 17.3 Å². The molecule has 21 heavy (non-hydrogen) atoms. The molecule has 0 aliphatic heterocycles. The van der Waals surface area contributed by atoms with Gasteiger partial charge < -0.3 is 0 Å². The second-order valence-electron chi connectivity index (χ2n) is 4.73. The highest BCUT2D eigenvalue weighted by molar-refractivity contribution is 5.17. The molecule has 7 heteroatoms. The van der Waals surface area contributed by atoms with Crippen molar-refractivity contribution in [2.24, 2.45) is 0 Å². The summed E-state index contributed by atoms with van der Waals surface area (Å²) in [7, 11) is 1.85. The van der Waals surface area contributed by atoms with Crippen LogP contribution < -0.4 is 0 Å². The van der Waals surface area contributed by atoms with Crippen molar-refractivity contribution < 1.29 is 13.2 Å². The van der Waals surface area contributed by atoms with E-state index in [0.717, 1.165) is 12.3 Å². The van der Waals surface area contributed by atoms with Crippen LogP contribution in [0, 0.1) is 0 Å². The van der Waals surface area contributed by atoms with Gasteiger partial charge in [0, 0.05) is 25.1 Å². The number of aromatic nitrogens is 3. The van der Waals surface area contributed by atoms with Crippen LogP contribution in [0.5, 0.6) is 0 Å². The van der Waals surface area contributed by atoms with Crippen LogP contribution in [0.3, 0.4) is 0 Å². The van der Waals surface area contributed by atoms with E-state index in [2.05, 4.69) is 15.0 Å². The lowest BCUT2D eigenvalue weighted by Crippen LogP contribution is -2.24. The molecule has 2 aromatic rings. The molecule has 0 bridgehead atoms. The highest BCUT2D eigenvalue weighted by Crippen LogP contribution is 2.28. The average Bonchev–Trinajstić information content (AvgIpc) is 2.47. The Morgan fingerprint density at radius 1 is 1.14 bits per heavy atom. The predicted octanol–water partition coefficient (Wildman–Crippen LogP) is 3.08. The summed E-state index contributed by atoms with van der Waals surface area (Å²) in [5.41, 5.74) is -0.179. The number of halogens is 3. The summed E-state index contributed by atoms with van der Waals surface area (Å²) in [6.45, 7) is 2.34. The molecule has 0 aromatic carbocycles. The first-order chi connectivity index (χ1) is 9.88. The Kier molecular flexibility index (Phi) is 4.52. The normalized spacial score (nSPS) is 13.4. The fourth-order valence-electron chi connectivity index (χ4n) is 1.80. The first-order valence-corrected chi connectivity index (χ1v) is 6.37. The Morgan fingerprint density at radius 2 is 1.81 bits per heavy atom. The van der Waals surface area contributed by atoms with E-state index in [1.165, 1.54) is 6.07 Å². The highest BCUT2D eigenvalue weighted by Gasteiger charge is 2.30. The van der Waals surface area contributed by atoms with Crippen molar-refractivity contribution in [3.63, 3.8) is 0 Å². The number of rotatable bonds is 4. The first kappa shape index (κ1) is 15.4. The van der Waals surface area contributed by atoms with Crippen LogP contribution in [0.2, 0.25) is 0 Å². The Hall–Kier alpha value is -2.02. The van der Waals surface area contributed by atoms with Crippen molar-refractivity contribution in [2.75, 3.05) is 7.05 Å². The minimum atomic E-state index is -4.36. The number of hydrogen-bond acceptors (Lipinski definition) is 4. The molecular formula is C14H15F3N4. The van der Waals surface area contributed by atoms with E-state index in [9.17, 15) is 13.2 Å². The number of alkyl halides is 3. The quantitative estimate of drug-likeness (QED) is 0.869. The van der Waals surface area contributed by atoms with E-state index < -0.39 is 11.7 Å². The zero-order valence-corrected chi connectivity index (χ0v) is 11.7. The molecule has 0 amide bonds. The molecule has 2 heterocycles. The maximum Gasteiger partial charge on any atom is 0.417 e. The van der Waals surface area contributed by atoms with E-state index in [0.29, 0.717) is 18.1 Å². The van der Waals surface area contributed by atoms with Gasteiger partial charge in [0.2, 0.25) is 0 Å². The van der Waals surface area contributed by atoms with E-state index in [1.807, 2.05) is 18.9 Å². The van der Waals surface area contributed by atoms with Crippen molar-refractivity contribution in [3.05, 3.63) is 53.9 Å². The average molecular weight is 296 g/mol. The Balaban J connectivity index is 2.04. The van der Waals surface area contributed by atoms with Gasteiger partial charge in [-0.3, -0.25) is 9.88 Å². The van der Waals surface area contributed by atoms with Crippen molar-refractivity contribution in [1.29, 1.82) is 0 Å². The van der Waals surface area contributed by atoms with Crippen LogP contribution in [-0.4, -0.2) is 26.9 Å². The largest absolute Gasteiger partial charge is 0.417 e. The molecular weight excluding hydrogens is 281 g/mol. The molecule has 0 fully saturated rings. The van der Waals surface area contributed by atoms with Crippen LogP contribution in [-0.2, 0) is 12.7 Å². The molecule has 0 aliphatic rings. The molecule has 0 aliphatic carbocycles. The summed E-state index contributed by atoms with van der Waals surface area (Å²) in [6, 6.07) is 4.10. The van der Waals surface area contributed by atoms with Crippen molar-refractivity contribution in [3.8, 4) is 0 Å². The van der Waals surface area contributed by atoms with Crippen molar-refractivity contribution in [1.82, 2.24) is 19.9 Å². The van der Waals surface area contributed by atoms with Gasteiger partial charge in [-0.25, -0.2) is 9.97 Å². The van der Waals surface area contributed by atoms with Crippen molar-refractivity contribution >= 4 is 0 Å². The summed E-state index contributed by atoms with van der Waals surface area (Å²) in [5.74, 6) is 0.659. The lowest BCUT2D eigenvalue weighted by Gasteiger charge is -2.23. The lowest BCUT2D eigenvalue weighted by atomic mass is 10.2. The summed E-state index contributed by atoms with van der Waals surface area (Å²) >= 11 is 0. The standard InChI is InChI=1S/C14H15F3N4/c1-10(13-18-6-3-7-19-13)21(2)9-12-5-4-11(8-20-12)14(15,16)17/h3-8,10H,9H2,1-2H3. The maximum atomic E-state index is 12.5. The Morgan fingerprint density at radius 3 is 2.33 bits per heavy atom. The van der Waals surface area contributed by atoms with Crippen LogP contribution in [0.4, 0.5) is 13.2 Å². The van der Waals surface area contributed by atoms with Crippen LogP contribution in [0.15, 0.2) is 36.8 Å². The summed E-state index contributed by atoms with van der Waals surface area (Å²) in [5, 5.41) is 0. The maximum absolute atomic E-state index is 12.5. The molecule has 0 saturated carbocycles. The van der Waals surface area contributed by atoms with Crippen LogP contribution >= 0.6 is 0 Å². The second kappa shape index (κ2) is 6.17. The zero-order valence-electron chi connectivity index (χ0n) is 11.7. The smallest absolute Gasteiger partial charge is 0.291 e. The van der Waals surface area contributed by atoms with E-state index >= 15 is 0 Å². The molecule has 2 aromatic heterocycles. The second-order valence-corrected chi connectivity index (χ2v) is 4.73. The predicted molar refractivity (Wildman–Crippen MR) is 71.2 cm³/mol. The Labute approximate surface area is 120 Å². The zero-order chi connectivity index (χ0) is 15.5. The van der Waals surface area contributed by atoms with Crippen molar-refractivity contribution in [2.45, 2.75) is 25.7 Å². The van der Waals surface area contributed by atoms with Crippen LogP contribution in [0.1, 0.15) is 30.0 Å². The third kappa shape index (κ3) is 3.98. The fraction of sp³-hybridized carbons (Fsp3) is 0.357. The third-order valence-corrected chi connectivity index (χ3v) is 3.18. The van der Waals surface area contributed by atoms with Gasteiger partial charge in [0.15, 0.2) is 0 Å². The number of nitrogens with zero attached hydrogens (tertiary/aromatic N) is 4. The minimum Gasteiger partial charge on any atom is -0.291 e. The van der Waals surface area contributed by atoms with Gasteiger partial charge in [-0.05, 0) is 32.2 Å². The fourth-order valence-corrected chi connectivity index (χ4v) is 1.80. The lowest BCUT2D eigenvalue weighted by molar-refractivity contribution is -0.137. The van der Waals surface area contributed by atoms with Gasteiger partial charge >= 0.3 is 6.18 Å². The van der Waals surface area contributed by atoms with Gasteiger partial charge in [0.1, 0.15) is 5.82 Å². The molecule has 4 nitrogen and oxygen atoms in total. The van der Waals surface area contributed by atoms with Gasteiger partial charge in [0.25, 0.3) is 0 Å². The topological polar surface area (TPSA) is 41.9 Å². The highest BCUT2D eigenvalue weighted by atomic mass is 19.4. The molecule has 0 N–H and O–H groups in total. The molecule has 112 valence electrons. The Bertz CT molecular complexity index is 569. The molecule has 1 unspecified atom stereocenters. The van der Waals surface area contributed by atoms with Gasteiger partial charge in [-0.1, -0.05) is 0 Å². The van der Waals surface area contributed by atoms with Gasteiger partial charge in [-0.2, -0.15) is 13.2 Å². The number of pyridine rings is 1. The van der Waals surface area contributed by atoms with E-state index in [4.69, 9.17) is 0 Å².